The summed E-state index contributed by atoms with van der Waals surface area (Å²) in [6.45, 7) is 0. The van der Waals surface area contributed by atoms with Gasteiger partial charge in [-0.05, 0) is 33.4 Å². The van der Waals surface area contributed by atoms with Crippen molar-refractivity contribution in [2.75, 3.05) is 16.9 Å². The molecule has 77 heavy (non-hydrogen) atoms. The number of nitrogens with one attached hydrogen (secondary N) is 2. The Labute approximate surface area is 460 Å². The Balaban J connectivity index is 0.979. The Morgan fingerprint density at radius 2 is 1.04 bits per heavy atom. The topological polar surface area (TPSA) is 122 Å². The second kappa shape index (κ2) is 22.7. The number of esters is 1. The number of carbonyl (C=O) groups is 3. The Kier molecular flexibility index (Phi) is 14.9. The van der Waals surface area contributed by atoms with E-state index in [9.17, 15) is 9.59 Å². The van der Waals surface area contributed by atoms with E-state index in [4.69, 9.17) is 31.3 Å². The third-order valence-corrected chi connectivity index (χ3v) is 16.2. The average Bonchev–Trinajstić information content (AvgIpc) is 4.01. The molecule has 8 aromatic carbocycles. The zero-order chi connectivity index (χ0) is 52.6. The van der Waals surface area contributed by atoms with Crippen molar-refractivity contribution >= 4 is 63.3 Å². The molecule has 1 fully saturated rings. The number of amides is 2. The number of anilines is 1. The summed E-state index contributed by atoms with van der Waals surface area (Å²) >= 11 is 9.23. The Hall–Kier alpha value is -8.55. The number of alkyl halides is 1. The van der Waals surface area contributed by atoms with Crippen LogP contribution < -0.4 is 10.6 Å². The molecule has 2 amide bonds. The smallest absolute Gasteiger partial charge is 0.356 e. The molecule has 0 saturated carbocycles. The van der Waals surface area contributed by atoms with Crippen molar-refractivity contribution in [3.63, 3.8) is 0 Å². The largest absolute Gasteiger partial charge is 0.448 e. The van der Waals surface area contributed by atoms with Crippen LogP contribution >= 0.6 is 34.7 Å². The van der Waals surface area contributed by atoms with Crippen LogP contribution in [0.2, 0.25) is 0 Å². The van der Waals surface area contributed by atoms with Gasteiger partial charge in [-0.15, -0.1) is 34.7 Å². The molecule has 1 unspecified atom stereocenters. The molecule has 0 aliphatic carbocycles. The van der Waals surface area contributed by atoms with Gasteiger partial charge in [-0.1, -0.05) is 248 Å². The SMILES string of the molecule is O=C(OC(c1ccccc1)c1ccccc1)C1=C(CCl)CS[C@@H]2C(NC(=O)/C(=N\OC(c3ccccc3)(c3ccccc3)c3ccccc3)c3csc(NC(c4ccccc4)(c4ccccc4)c4ccccc4)n3)C(=O)N12. The maximum absolute atomic E-state index is 15.4. The lowest BCUT2D eigenvalue weighted by Crippen LogP contribution is -2.71. The third-order valence-electron chi connectivity index (χ3n) is 13.8. The summed E-state index contributed by atoms with van der Waals surface area (Å²) in [6, 6.07) is 77.4. The van der Waals surface area contributed by atoms with Gasteiger partial charge in [-0.3, -0.25) is 14.5 Å². The monoisotopic (exact) mass is 1070 g/mol. The molecule has 0 spiro atoms. The van der Waals surface area contributed by atoms with Crippen molar-refractivity contribution in [1.82, 2.24) is 15.2 Å². The summed E-state index contributed by atoms with van der Waals surface area (Å²) in [4.78, 5) is 58.0. The summed E-state index contributed by atoms with van der Waals surface area (Å²) in [5, 5.41) is 13.3. The van der Waals surface area contributed by atoms with Gasteiger partial charge in [-0.2, -0.15) is 0 Å². The Morgan fingerprint density at radius 3 is 1.47 bits per heavy atom. The van der Waals surface area contributed by atoms with Crippen LogP contribution in [0, 0.1) is 0 Å². The van der Waals surface area contributed by atoms with Crippen molar-refractivity contribution in [2.24, 2.45) is 5.16 Å². The van der Waals surface area contributed by atoms with E-state index in [0.29, 0.717) is 16.5 Å². The number of oxime groups is 1. The van der Waals surface area contributed by atoms with Crippen LogP contribution in [0.3, 0.4) is 0 Å². The first-order valence-corrected chi connectivity index (χ1v) is 27.5. The fourth-order valence-corrected chi connectivity index (χ4v) is 12.5. The van der Waals surface area contributed by atoms with E-state index in [-0.39, 0.29) is 23.0 Å². The average molecular weight is 1070 g/mol. The lowest BCUT2D eigenvalue weighted by atomic mass is 9.77. The molecule has 2 aliphatic rings. The zero-order valence-corrected chi connectivity index (χ0v) is 43.8. The van der Waals surface area contributed by atoms with Crippen molar-refractivity contribution in [3.8, 4) is 0 Å². The molecule has 11 rings (SSSR count). The molecule has 2 N–H and O–H groups in total. The zero-order valence-electron chi connectivity index (χ0n) is 41.4. The normalized spacial score (nSPS) is 15.5. The van der Waals surface area contributed by atoms with E-state index in [2.05, 4.69) is 47.0 Å². The maximum Gasteiger partial charge on any atom is 0.356 e. The van der Waals surface area contributed by atoms with Gasteiger partial charge in [-0.25, -0.2) is 9.78 Å². The van der Waals surface area contributed by atoms with Crippen molar-refractivity contribution in [1.29, 1.82) is 0 Å². The highest BCUT2D eigenvalue weighted by atomic mass is 35.5. The second-order valence-electron chi connectivity index (χ2n) is 18.4. The van der Waals surface area contributed by atoms with Crippen LogP contribution in [0.4, 0.5) is 5.13 Å². The second-order valence-corrected chi connectivity index (χ2v) is 20.6. The van der Waals surface area contributed by atoms with E-state index < -0.39 is 46.4 Å². The van der Waals surface area contributed by atoms with Gasteiger partial charge in [0.15, 0.2) is 16.9 Å². The van der Waals surface area contributed by atoms with Gasteiger partial charge in [0.05, 0.1) is 0 Å². The van der Waals surface area contributed by atoms with Gasteiger partial charge in [0, 0.05) is 33.7 Å². The predicted molar refractivity (Wildman–Crippen MR) is 305 cm³/mol. The fraction of sp³-hybridized carbons (Fsp3) is 0.109. The molecule has 2 atom stereocenters. The number of thiazole rings is 1. The van der Waals surface area contributed by atoms with Crippen LogP contribution in [0.15, 0.2) is 264 Å². The molecule has 380 valence electrons. The molecule has 10 nitrogen and oxygen atoms in total. The number of fused-ring (bicyclic) bond motifs is 1. The number of thioether (sulfide) groups is 1. The van der Waals surface area contributed by atoms with E-state index >= 15 is 4.79 Å². The Morgan fingerprint density at radius 1 is 0.623 bits per heavy atom. The summed E-state index contributed by atoms with van der Waals surface area (Å²) in [6.07, 6.45) is -0.766. The molecule has 9 aromatic rings. The van der Waals surface area contributed by atoms with Gasteiger partial charge < -0.3 is 20.2 Å². The minimum Gasteiger partial charge on any atom is -0.448 e. The van der Waals surface area contributed by atoms with Crippen LogP contribution in [0.1, 0.15) is 56.3 Å². The number of carbonyl (C=O) groups excluding carboxylic acids is 3. The van der Waals surface area contributed by atoms with E-state index in [0.717, 1.165) is 44.5 Å². The summed E-state index contributed by atoms with van der Waals surface area (Å²) in [7, 11) is 0. The first-order chi connectivity index (χ1) is 37.9. The van der Waals surface area contributed by atoms with Crippen LogP contribution in [-0.4, -0.2) is 56.4 Å². The molecule has 1 aromatic heterocycles. The molecular formula is C64H50ClN5O5S2. The number of rotatable bonds is 18. The first kappa shape index (κ1) is 50.6. The fourth-order valence-electron chi connectivity index (χ4n) is 10.1. The maximum atomic E-state index is 15.4. The summed E-state index contributed by atoms with van der Waals surface area (Å²) in [5.41, 5.74) is 5.02. The highest BCUT2D eigenvalue weighted by Crippen LogP contribution is 2.45. The molecule has 0 bridgehead atoms. The summed E-state index contributed by atoms with van der Waals surface area (Å²) in [5.74, 6) is -1.61. The third kappa shape index (κ3) is 9.95. The molecule has 0 radical (unpaired) electrons. The van der Waals surface area contributed by atoms with Crippen LogP contribution in [0.5, 0.6) is 0 Å². The lowest BCUT2D eigenvalue weighted by Gasteiger charge is -2.49. The van der Waals surface area contributed by atoms with Crippen molar-refractivity contribution in [3.05, 3.63) is 310 Å². The quantitative estimate of drug-likeness (QED) is 0.0218. The van der Waals surface area contributed by atoms with E-state index in [1.54, 1.807) is 5.38 Å². The minimum atomic E-state index is -1.37. The summed E-state index contributed by atoms with van der Waals surface area (Å²) < 4.78 is 6.31. The number of hydrogen-bond donors (Lipinski definition) is 2. The predicted octanol–water partition coefficient (Wildman–Crippen LogP) is 12.5. The van der Waals surface area contributed by atoms with Crippen LogP contribution in [0.25, 0.3) is 0 Å². The number of hydrogen-bond acceptors (Lipinski definition) is 10. The molecule has 13 heteroatoms. The van der Waals surface area contributed by atoms with Crippen molar-refractivity contribution < 1.29 is 24.0 Å². The molecule has 2 aliphatic heterocycles. The molecule has 3 heterocycles. The number of halogens is 1. The Bertz CT molecular complexity index is 3310. The van der Waals surface area contributed by atoms with E-state index in [1.165, 1.54) is 28.0 Å². The lowest BCUT2D eigenvalue weighted by molar-refractivity contribution is -0.154. The van der Waals surface area contributed by atoms with Gasteiger partial charge in [0.1, 0.15) is 28.3 Å². The standard InChI is InChI=1S/C64H50ClN5O5S2/c65-41-46-42-76-60-55(59(72)70(60)56(46)61(73)74-57(44-25-9-1-10-26-44)45-27-11-2-12-28-45)67-58(71)54(69-75-64(50-35-19-6-20-36-50,51-37-21-7-22-38-51)52-39-23-8-24-40-52)53-43-77-62(66-53)68-63(47-29-13-3-14-30-47,48-31-15-4-16-32-48)49-33-17-5-18-34-49/h1-40,43,55,57,60H,41-42H2,(H,66,68)(H,67,71)/b69-54-/t55?,60-/m1/s1. The number of ether oxygens (including phenoxy) is 1. The molecular weight excluding hydrogens is 1020 g/mol. The van der Waals surface area contributed by atoms with Crippen molar-refractivity contribution in [2.45, 2.75) is 28.7 Å². The van der Waals surface area contributed by atoms with E-state index in [1.807, 2.05) is 206 Å². The van der Waals surface area contributed by atoms with Gasteiger partial charge in [0.2, 0.25) is 5.60 Å². The number of aromatic nitrogens is 1. The highest BCUT2D eigenvalue weighted by Gasteiger charge is 2.55. The number of nitrogens with zero attached hydrogens (tertiary/aromatic N) is 3. The van der Waals surface area contributed by atoms with Crippen LogP contribution in [-0.2, 0) is 35.1 Å². The number of benzene rings is 8. The molecule has 1 saturated heterocycles. The first-order valence-electron chi connectivity index (χ1n) is 25.1. The highest BCUT2D eigenvalue weighted by molar-refractivity contribution is 8.00. The van der Waals surface area contributed by atoms with Gasteiger partial charge in [0.25, 0.3) is 11.8 Å². The minimum absolute atomic E-state index is 0.00721. The van der Waals surface area contributed by atoms with Gasteiger partial charge >= 0.3 is 5.97 Å². The number of β-lactam (4-membered cyclic amide) rings is 1.